The lowest BCUT2D eigenvalue weighted by atomic mass is 10.1. The monoisotopic (exact) mass is 227 g/mol. The van der Waals surface area contributed by atoms with Gasteiger partial charge in [-0.25, -0.2) is 5.10 Å². The Bertz CT molecular complexity index is 631. The molecule has 0 aliphatic rings. The van der Waals surface area contributed by atoms with Crippen molar-refractivity contribution >= 4 is 28.3 Å². The molecule has 1 aromatic carbocycles. The van der Waals surface area contributed by atoms with Crippen LogP contribution in [0.5, 0.6) is 0 Å². The quantitative estimate of drug-likeness (QED) is 0.663. The number of anilines is 1. The van der Waals surface area contributed by atoms with Gasteiger partial charge in [0.25, 0.3) is 5.56 Å². The number of rotatable bonds is 1. The molecule has 0 unspecified atom stereocenters. The Hall–Kier alpha value is -1.95. The highest BCUT2D eigenvalue weighted by molar-refractivity contribution is 6.07. The molecule has 0 aliphatic heterocycles. The molecule has 0 saturated carbocycles. The topological polar surface area (TPSA) is 90.1 Å². The van der Waals surface area contributed by atoms with Gasteiger partial charge in [-0.1, -0.05) is 10.9 Å². The molecule has 1 heterocycles. The number of nitrogens with two attached hydrogens (primary N) is 1. The second-order valence-electron chi connectivity index (χ2n) is 2.88. The Kier molecular flexibility index (Phi) is 2.12. The molecule has 0 saturated heterocycles. The van der Waals surface area contributed by atoms with Crippen molar-refractivity contribution in [3.8, 4) is 0 Å². The van der Waals surface area contributed by atoms with E-state index < -0.39 is 11.1 Å². The second kappa shape index (κ2) is 3.32. The highest BCUT2D eigenvalue weighted by Crippen LogP contribution is 2.12. The highest BCUT2D eigenvalue weighted by atomic mass is 35.5. The smallest absolute Gasteiger partial charge is 0.311 e. The third-order valence-electron chi connectivity index (χ3n) is 2.01. The number of nitrogen functional groups attached to an aromatic ring is 1. The summed E-state index contributed by atoms with van der Waals surface area (Å²) in [6.45, 7) is 0. The molecule has 78 valence electrons. The van der Waals surface area contributed by atoms with Gasteiger partial charge in [0.1, 0.15) is 0 Å². The van der Waals surface area contributed by atoms with Crippen LogP contribution in [0.2, 0.25) is 0 Å². The van der Waals surface area contributed by atoms with Crippen LogP contribution in [0.15, 0.2) is 27.8 Å². The molecule has 15 heavy (non-hydrogen) atoms. The van der Waals surface area contributed by atoms with Gasteiger partial charge in [-0.3, -0.25) is 14.0 Å². The largest absolute Gasteiger partial charge is 0.398 e. The lowest BCUT2D eigenvalue weighted by molar-refractivity contribution is 0.239. The number of aromatic amines is 1. The fourth-order valence-electron chi connectivity index (χ4n) is 1.36. The first kappa shape index (κ1) is 9.60. The van der Waals surface area contributed by atoms with Crippen molar-refractivity contribution < 1.29 is 4.39 Å². The van der Waals surface area contributed by atoms with Gasteiger partial charge in [0.05, 0.1) is 10.8 Å². The van der Waals surface area contributed by atoms with Gasteiger partial charge in [0.15, 0.2) is 11.9 Å². The molecule has 2 aromatic rings. The third-order valence-corrected chi connectivity index (χ3v) is 2.15. The molecule has 1 aromatic heterocycles. The van der Waals surface area contributed by atoms with E-state index >= 15 is 0 Å². The first-order valence-electron chi connectivity index (χ1n) is 3.98. The fourth-order valence-corrected chi connectivity index (χ4v) is 1.46. The van der Waals surface area contributed by atoms with Gasteiger partial charge < -0.3 is 5.73 Å². The van der Waals surface area contributed by atoms with Gasteiger partial charge >= 0.3 is 5.56 Å². The van der Waals surface area contributed by atoms with E-state index in [1.54, 1.807) is 6.07 Å². The molecule has 2 rings (SSSR count). The van der Waals surface area contributed by atoms with Crippen LogP contribution in [-0.2, 0) is 0 Å². The molecule has 7 heteroatoms. The van der Waals surface area contributed by atoms with E-state index in [4.69, 9.17) is 17.6 Å². The molecule has 6 nitrogen and oxygen atoms in total. The molecule has 0 atom stereocenters. The van der Waals surface area contributed by atoms with E-state index in [0.717, 1.165) is 0 Å². The summed E-state index contributed by atoms with van der Waals surface area (Å²) < 4.78 is 4.15. The number of hydrogen-bond acceptors (Lipinski definition) is 4. The second-order valence-corrected chi connectivity index (χ2v) is 3.02. The standard InChI is InChI=1S/C8H6ClN3O3/c9-15-12-8(14)4-2-1-3-5(10)6(4)7(13)11-12/h1-3H,10H2,(H,11,13). The number of benzene rings is 1. The average molecular weight is 228 g/mol. The van der Waals surface area contributed by atoms with Crippen LogP contribution in [0, 0.1) is 0 Å². The summed E-state index contributed by atoms with van der Waals surface area (Å²) in [7, 11) is 0. The zero-order valence-corrected chi connectivity index (χ0v) is 8.12. The lowest BCUT2D eigenvalue weighted by Gasteiger charge is -2.03. The van der Waals surface area contributed by atoms with E-state index in [-0.39, 0.29) is 16.5 Å². The van der Waals surface area contributed by atoms with Crippen LogP contribution in [0.25, 0.3) is 10.8 Å². The molecule has 0 aliphatic carbocycles. The Morgan fingerprint density at radius 1 is 1.40 bits per heavy atom. The molecule has 0 amide bonds. The molecule has 3 N–H and O–H groups in total. The number of nitrogens with zero attached hydrogens (tertiary/aromatic N) is 1. The van der Waals surface area contributed by atoms with Crippen molar-refractivity contribution in [2.45, 2.75) is 0 Å². The van der Waals surface area contributed by atoms with Gasteiger partial charge in [0.2, 0.25) is 0 Å². The average Bonchev–Trinajstić information content (AvgIpc) is 2.23. The Labute approximate surface area is 87.9 Å². The molecular weight excluding hydrogens is 222 g/mol. The van der Waals surface area contributed by atoms with Crippen molar-refractivity contribution in [2.24, 2.45) is 0 Å². The maximum Gasteiger partial charge on any atom is 0.311 e. The number of aromatic nitrogens is 2. The number of H-pyrrole nitrogens is 1. The SMILES string of the molecule is Nc1cccc2c(=O)n(OCl)[nH]c(=O)c12. The molecular formula is C8H6ClN3O3. The van der Waals surface area contributed by atoms with Gasteiger partial charge in [-0.2, -0.15) is 0 Å². The van der Waals surface area contributed by atoms with E-state index in [1.165, 1.54) is 12.1 Å². The number of fused-ring (bicyclic) bond motifs is 1. The van der Waals surface area contributed by atoms with Crippen molar-refractivity contribution in [2.75, 3.05) is 5.73 Å². The van der Waals surface area contributed by atoms with E-state index in [1.807, 2.05) is 0 Å². The predicted molar refractivity (Wildman–Crippen MR) is 55.7 cm³/mol. The highest BCUT2D eigenvalue weighted by Gasteiger charge is 2.09. The molecule has 0 bridgehead atoms. The van der Waals surface area contributed by atoms with Crippen LogP contribution < -0.4 is 21.2 Å². The number of hydrogen-bond donors (Lipinski definition) is 2. The predicted octanol–water partition coefficient (Wildman–Crippen LogP) is -0.146. The van der Waals surface area contributed by atoms with Crippen LogP contribution >= 0.6 is 11.9 Å². The minimum Gasteiger partial charge on any atom is -0.398 e. The van der Waals surface area contributed by atoms with Crippen molar-refractivity contribution in [3.05, 3.63) is 38.9 Å². The van der Waals surface area contributed by atoms with Crippen molar-refractivity contribution in [1.82, 2.24) is 9.94 Å². The summed E-state index contributed by atoms with van der Waals surface area (Å²) in [5.41, 5.74) is 4.69. The summed E-state index contributed by atoms with van der Waals surface area (Å²) >= 11 is 5.01. The first-order valence-corrected chi connectivity index (χ1v) is 4.28. The first-order chi connectivity index (χ1) is 7.15. The van der Waals surface area contributed by atoms with Crippen molar-refractivity contribution in [3.63, 3.8) is 0 Å². The van der Waals surface area contributed by atoms with Crippen molar-refractivity contribution in [1.29, 1.82) is 0 Å². The van der Waals surface area contributed by atoms with Crippen LogP contribution in [0.4, 0.5) is 5.69 Å². The van der Waals surface area contributed by atoms with E-state index in [0.29, 0.717) is 4.85 Å². The van der Waals surface area contributed by atoms with Crippen LogP contribution in [-0.4, -0.2) is 9.94 Å². The van der Waals surface area contributed by atoms with Gasteiger partial charge in [0, 0.05) is 5.69 Å². The van der Waals surface area contributed by atoms with E-state index in [9.17, 15) is 9.59 Å². The maximum absolute atomic E-state index is 11.6. The lowest BCUT2D eigenvalue weighted by Crippen LogP contribution is -2.32. The van der Waals surface area contributed by atoms with Crippen LogP contribution in [0.3, 0.4) is 0 Å². The van der Waals surface area contributed by atoms with E-state index in [2.05, 4.69) is 9.49 Å². The summed E-state index contributed by atoms with van der Waals surface area (Å²) in [5.74, 6) is 0. The normalized spacial score (nSPS) is 10.5. The molecule has 0 radical (unpaired) electrons. The Morgan fingerprint density at radius 3 is 2.80 bits per heavy atom. The summed E-state index contributed by atoms with van der Waals surface area (Å²) in [6, 6.07) is 4.57. The minimum absolute atomic E-state index is 0.132. The number of halogens is 1. The summed E-state index contributed by atoms with van der Waals surface area (Å²) in [5, 5.41) is 2.41. The zero-order chi connectivity index (χ0) is 11.0. The van der Waals surface area contributed by atoms with Gasteiger partial charge in [-0.15, -0.1) is 0 Å². The number of nitrogens with one attached hydrogen (secondary N) is 1. The summed E-state index contributed by atoms with van der Waals surface area (Å²) in [6.07, 6.45) is 0. The van der Waals surface area contributed by atoms with Gasteiger partial charge in [-0.05, 0) is 12.1 Å². The molecule has 0 fully saturated rings. The zero-order valence-electron chi connectivity index (χ0n) is 7.36. The Morgan fingerprint density at radius 2 is 2.13 bits per heavy atom. The summed E-state index contributed by atoms with van der Waals surface area (Å²) in [4.78, 5) is 23.6. The van der Waals surface area contributed by atoms with Crippen LogP contribution in [0.1, 0.15) is 0 Å². The Balaban J connectivity index is 3.07. The third kappa shape index (κ3) is 1.35. The molecule has 0 spiro atoms. The minimum atomic E-state index is -0.577. The maximum atomic E-state index is 11.6. The fraction of sp³-hybridized carbons (Fsp3) is 0.